The Morgan fingerprint density at radius 2 is 2.17 bits per heavy atom. The number of rotatable bonds is 3. The van der Waals surface area contributed by atoms with E-state index in [1.807, 2.05) is 11.3 Å². The van der Waals surface area contributed by atoms with Gasteiger partial charge in [0.25, 0.3) is 0 Å². The van der Waals surface area contributed by atoms with E-state index in [1.54, 1.807) is 18.1 Å². The van der Waals surface area contributed by atoms with E-state index < -0.39 is 0 Å². The smallest absolute Gasteiger partial charge is 0.233 e. The summed E-state index contributed by atoms with van der Waals surface area (Å²) in [4.78, 5) is 26.2. The first-order valence-corrected chi connectivity index (χ1v) is 10.7. The molecule has 4 nitrogen and oxygen atoms in total. The lowest BCUT2D eigenvalue weighted by Crippen LogP contribution is -2.42. The molecule has 0 aromatic carbocycles. The van der Waals surface area contributed by atoms with Crippen LogP contribution in [0.25, 0.3) is 10.2 Å². The highest BCUT2D eigenvalue weighted by Crippen LogP contribution is 2.39. The fraction of sp³-hybridized carbons (Fsp3) is 0.611. The molecule has 1 fully saturated rings. The molecule has 1 amide bonds. The summed E-state index contributed by atoms with van der Waals surface area (Å²) in [6, 6.07) is 0.381. The van der Waals surface area contributed by atoms with Crippen molar-refractivity contribution in [1.82, 2.24) is 14.9 Å². The third-order valence-electron chi connectivity index (χ3n) is 5.17. The third-order valence-corrected chi connectivity index (χ3v) is 7.35. The number of nitrogens with zero attached hydrogens (tertiary/aromatic N) is 3. The number of thiophene rings is 1. The number of carbonyl (C=O) groups is 1. The van der Waals surface area contributed by atoms with Crippen LogP contribution in [0.2, 0.25) is 0 Å². The molecule has 2 aromatic rings. The highest BCUT2D eigenvalue weighted by atomic mass is 32.2. The van der Waals surface area contributed by atoms with Gasteiger partial charge in [-0.25, -0.2) is 9.97 Å². The Balaban J connectivity index is 1.54. The zero-order valence-corrected chi connectivity index (χ0v) is 15.7. The topological polar surface area (TPSA) is 46.1 Å². The number of amides is 1. The average molecular weight is 362 g/mol. The van der Waals surface area contributed by atoms with Crippen LogP contribution in [-0.4, -0.2) is 39.1 Å². The monoisotopic (exact) mass is 361 g/mol. The van der Waals surface area contributed by atoms with Crippen LogP contribution in [0.15, 0.2) is 11.4 Å². The summed E-state index contributed by atoms with van der Waals surface area (Å²) in [6.45, 7) is 3.08. The van der Waals surface area contributed by atoms with Gasteiger partial charge in [0.1, 0.15) is 16.2 Å². The van der Waals surface area contributed by atoms with Crippen molar-refractivity contribution < 1.29 is 4.79 Å². The lowest BCUT2D eigenvalue weighted by atomic mass is 9.97. The van der Waals surface area contributed by atoms with Crippen molar-refractivity contribution in [1.29, 1.82) is 0 Å². The van der Waals surface area contributed by atoms with Crippen LogP contribution >= 0.6 is 23.1 Å². The van der Waals surface area contributed by atoms with Crippen LogP contribution in [-0.2, 0) is 17.6 Å². The summed E-state index contributed by atoms with van der Waals surface area (Å²) in [5.74, 6) is 0.740. The van der Waals surface area contributed by atoms with Crippen LogP contribution in [0.3, 0.4) is 0 Å². The molecular formula is C18H23N3OS2. The van der Waals surface area contributed by atoms with Crippen LogP contribution < -0.4 is 0 Å². The summed E-state index contributed by atoms with van der Waals surface area (Å²) in [5.41, 5.74) is 1.45. The predicted molar refractivity (Wildman–Crippen MR) is 99.8 cm³/mol. The molecule has 1 aliphatic heterocycles. The first-order valence-electron chi connectivity index (χ1n) is 8.91. The van der Waals surface area contributed by atoms with Gasteiger partial charge in [0.15, 0.2) is 0 Å². The van der Waals surface area contributed by atoms with Crippen LogP contribution in [0.4, 0.5) is 0 Å². The lowest BCUT2D eigenvalue weighted by molar-refractivity contribution is -0.131. The molecule has 128 valence electrons. The number of thioether (sulfide) groups is 1. The number of piperidine rings is 1. The van der Waals surface area contributed by atoms with Crippen molar-refractivity contribution in [2.45, 2.75) is 62.9 Å². The van der Waals surface area contributed by atoms with Crippen molar-refractivity contribution in [3.63, 3.8) is 0 Å². The van der Waals surface area contributed by atoms with Crippen molar-refractivity contribution in [2.75, 3.05) is 12.3 Å². The van der Waals surface area contributed by atoms with Crippen molar-refractivity contribution in [3.05, 3.63) is 16.8 Å². The van der Waals surface area contributed by atoms with Gasteiger partial charge in [0.05, 0.1) is 5.75 Å². The van der Waals surface area contributed by atoms with Crippen molar-refractivity contribution in [3.8, 4) is 0 Å². The number of aromatic nitrogens is 2. The van der Waals surface area contributed by atoms with Gasteiger partial charge in [-0.05, 0) is 57.4 Å². The Hall–Kier alpha value is -1.14. The number of likely N-dealkylation sites (tertiary alicyclic amines) is 1. The Kier molecular flexibility index (Phi) is 4.77. The number of aryl methyl sites for hydroxylation is 2. The molecule has 0 saturated carbocycles. The summed E-state index contributed by atoms with van der Waals surface area (Å²) < 4.78 is 0. The fourth-order valence-corrected chi connectivity index (χ4v) is 6.06. The van der Waals surface area contributed by atoms with Crippen LogP contribution in [0.1, 0.15) is 49.5 Å². The molecule has 6 heteroatoms. The molecule has 1 aliphatic carbocycles. The van der Waals surface area contributed by atoms with E-state index >= 15 is 0 Å². The van der Waals surface area contributed by atoms with Crippen LogP contribution in [0, 0.1) is 0 Å². The second kappa shape index (κ2) is 7.00. The quantitative estimate of drug-likeness (QED) is 0.611. The molecule has 2 aromatic heterocycles. The van der Waals surface area contributed by atoms with Gasteiger partial charge in [-0.3, -0.25) is 4.79 Å². The van der Waals surface area contributed by atoms with Gasteiger partial charge in [-0.1, -0.05) is 11.8 Å². The highest BCUT2D eigenvalue weighted by molar-refractivity contribution is 8.00. The van der Waals surface area contributed by atoms with Gasteiger partial charge >= 0.3 is 0 Å². The Morgan fingerprint density at radius 1 is 1.29 bits per heavy atom. The number of carbonyl (C=O) groups excluding carboxylic acids is 1. The zero-order chi connectivity index (χ0) is 16.5. The lowest BCUT2D eigenvalue weighted by Gasteiger charge is -2.33. The third kappa shape index (κ3) is 3.06. The summed E-state index contributed by atoms with van der Waals surface area (Å²) in [5, 5.41) is 2.22. The van der Waals surface area contributed by atoms with Gasteiger partial charge in [0.2, 0.25) is 5.91 Å². The van der Waals surface area contributed by atoms with Crippen molar-refractivity contribution in [2.24, 2.45) is 0 Å². The minimum absolute atomic E-state index is 0.253. The molecule has 0 unspecified atom stereocenters. The largest absolute Gasteiger partial charge is 0.339 e. The van der Waals surface area contributed by atoms with Gasteiger partial charge < -0.3 is 4.90 Å². The molecule has 4 rings (SSSR count). The normalized spacial score (nSPS) is 21.0. The maximum atomic E-state index is 12.6. The number of fused-ring (bicyclic) bond motifs is 3. The molecule has 0 bridgehead atoms. The minimum Gasteiger partial charge on any atom is -0.339 e. The molecule has 1 atom stereocenters. The zero-order valence-electron chi connectivity index (χ0n) is 14.1. The standard InChI is InChI=1S/C18H23N3OS2/c1-12-6-4-5-9-21(12)15(22)10-23-17-16-13-7-2-3-8-14(13)24-18(16)20-11-19-17/h11-12H,2-10H2,1H3/t12-/m1/s1. The fourth-order valence-electron chi connectivity index (χ4n) is 3.85. The first kappa shape index (κ1) is 16.3. The second-order valence-corrected chi connectivity index (χ2v) is 8.84. The van der Waals surface area contributed by atoms with Gasteiger partial charge in [-0.15, -0.1) is 11.3 Å². The average Bonchev–Trinajstić information content (AvgIpc) is 2.99. The molecule has 1 saturated heterocycles. The maximum absolute atomic E-state index is 12.6. The van der Waals surface area contributed by atoms with E-state index in [9.17, 15) is 4.79 Å². The molecule has 0 N–H and O–H groups in total. The van der Waals surface area contributed by atoms with E-state index in [2.05, 4.69) is 21.8 Å². The predicted octanol–water partition coefficient (Wildman–Crippen LogP) is 4.06. The molecular weight excluding hydrogens is 338 g/mol. The Morgan fingerprint density at radius 3 is 3.04 bits per heavy atom. The molecule has 0 spiro atoms. The number of hydrogen-bond donors (Lipinski definition) is 0. The number of hydrogen-bond acceptors (Lipinski definition) is 5. The maximum Gasteiger partial charge on any atom is 0.233 e. The summed E-state index contributed by atoms with van der Waals surface area (Å²) >= 11 is 3.41. The van der Waals surface area contributed by atoms with E-state index in [1.165, 1.54) is 41.5 Å². The summed E-state index contributed by atoms with van der Waals surface area (Å²) in [6.07, 6.45) is 10.00. The Bertz CT molecular complexity index is 758. The van der Waals surface area contributed by atoms with Crippen molar-refractivity contribution >= 4 is 39.2 Å². The SMILES string of the molecule is C[C@@H]1CCCCN1C(=O)CSc1ncnc2sc3c(c12)CCCC3. The van der Waals surface area contributed by atoms with E-state index in [0.29, 0.717) is 11.8 Å². The molecule has 24 heavy (non-hydrogen) atoms. The highest BCUT2D eigenvalue weighted by Gasteiger charge is 2.24. The second-order valence-electron chi connectivity index (χ2n) is 6.79. The van der Waals surface area contributed by atoms with Gasteiger partial charge in [0, 0.05) is 22.8 Å². The Labute approximate surface area is 151 Å². The van der Waals surface area contributed by atoms with E-state index in [0.717, 1.165) is 35.7 Å². The van der Waals surface area contributed by atoms with Gasteiger partial charge in [-0.2, -0.15) is 0 Å². The van der Waals surface area contributed by atoms with E-state index in [-0.39, 0.29) is 5.91 Å². The molecule has 0 radical (unpaired) electrons. The first-order chi connectivity index (χ1) is 11.7. The minimum atomic E-state index is 0.253. The summed E-state index contributed by atoms with van der Waals surface area (Å²) in [7, 11) is 0. The molecule has 2 aliphatic rings. The molecule has 3 heterocycles. The van der Waals surface area contributed by atoms with E-state index in [4.69, 9.17) is 0 Å². The van der Waals surface area contributed by atoms with Crippen LogP contribution in [0.5, 0.6) is 0 Å².